The zero-order valence-corrected chi connectivity index (χ0v) is 10.3. The summed E-state index contributed by atoms with van der Waals surface area (Å²) < 4.78 is 0. The van der Waals surface area contributed by atoms with Crippen LogP contribution in [0.5, 0.6) is 0 Å². The van der Waals surface area contributed by atoms with E-state index in [1.165, 1.54) is 12.7 Å². The van der Waals surface area contributed by atoms with Gasteiger partial charge >= 0.3 is 0 Å². The molecular weight excluding hydrogens is 200 g/mol. The third-order valence-corrected chi connectivity index (χ3v) is 1.43. The van der Waals surface area contributed by atoms with Gasteiger partial charge < -0.3 is 0 Å². The average Bonchev–Trinajstić information content (AvgIpc) is 2.45. The molecule has 0 atom stereocenters. The summed E-state index contributed by atoms with van der Waals surface area (Å²) in [6.07, 6.45) is 6.36. The lowest BCUT2D eigenvalue weighted by Gasteiger charge is -1.95. The van der Waals surface area contributed by atoms with Crippen molar-refractivity contribution in [3.63, 3.8) is 0 Å². The van der Waals surface area contributed by atoms with E-state index in [1.54, 1.807) is 12.4 Å². The minimum atomic E-state index is 0.812. The van der Waals surface area contributed by atoms with Gasteiger partial charge in [0.25, 0.3) is 0 Å². The van der Waals surface area contributed by atoms with Crippen LogP contribution in [0.15, 0.2) is 37.2 Å². The van der Waals surface area contributed by atoms with E-state index in [-0.39, 0.29) is 0 Å². The highest BCUT2D eigenvalue weighted by molar-refractivity contribution is 5.51. The number of aromatic nitrogens is 4. The Bertz CT molecular complexity index is 310. The van der Waals surface area contributed by atoms with E-state index >= 15 is 0 Å². The molecule has 4 nitrogen and oxygen atoms in total. The first-order valence-electron chi connectivity index (χ1n) is 5.49. The topological polar surface area (TPSA) is 51.6 Å². The van der Waals surface area contributed by atoms with Gasteiger partial charge in [0, 0.05) is 12.4 Å². The van der Waals surface area contributed by atoms with E-state index in [0.717, 1.165) is 11.4 Å². The molecule has 0 aromatic carbocycles. The molecule has 2 aromatic rings. The molecule has 0 bridgehead atoms. The van der Waals surface area contributed by atoms with E-state index in [9.17, 15) is 0 Å². The molecule has 4 heteroatoms. The van der Waals surface area contributed by atoms with E-state index in [4.69, 9.17) is 0 Å². The molecule has 2 rings (SSSR count). The molecule has 0 saturated heterocycles. The standard InChI is InChI=1S/C8H6N4.2C2H6/c1-3-9-5-11-7(1)8-2-4-10-6-12-8;2*1-2/h1-6H;2*1-2H3. The van der Waals surface area contributed by atoms with Gasteiger partial charge in [0.15, 0.2) is 0 Å². The van der Waals surface area contributed by atoms with Crippen LogP contribution in [0.4, 0.5) is 0 Å². The minimum absolute atomic E-state index is 0.812. The van der Waals surface area contributed by atoms with Crippen molar-refractivity contribution in [2.75, 3.05) is 0 Å². The van der Waals surface area contributed by atoms with Crippen LogP contribution in [0.25, 0.3) is 11.4 Å². The summed E-state index contributed by atoms with van der Waals surface area (Å²) in [6, 6.07) is 3.62. The monoisotopic (exact) mass is 218 g/mol. The maximum atomic E-state index is 4.05. The summed E-state index contributed by atoms with van der Waals surface area (Å²) in [6.45, 7) is 8.00. The molecule has 2 heterocycles. The smallest absolute Gasteiger partial charge is 0.116 e. The molecule has 0 amide bonds. The fraction of sp³-hybridized carbons (Fsp3) is 0.333. The predicted molar refractivity (Wildman–Crippen MR) is 65.8 cm³/mol. The Morgan fingerprint density at radius 2 is 1.06 bits per heavy atom. The van der Waals surface area contributed by atoms with Crippen LogP contribution in [-0.2, 0) is 0 Å². The molecule has 0 spiro atoms. The van der Waals surface area contributed by atoms with Gasteiger partial charge in [-0.25, -0.2) is 19.9 Å². The summed E-state index contributed by atoms with van der Waals surface area (Å²) in [7, 11) is 0. The summed E-state index contributed by atoms with van der Waals surface area (Å²) in [4.78, 5) is 15.7. The second-order valence-electron chi connectivity index (χ2n) is 2.19. The fourth-order valence-corrected chi connectivity index (χ4v) is 0.884. The van der Waals surface area contributed by atoms with Gasteiger partial charge in [0.05, 0.1) is 11.4 Å². The lowest BCUT2D eigenvalue weighted by atomic mass is 10.3. The third kappa shape index (κ3) is 4.59. The molecule has 0 unspecified atom stereocenters. The highest BCUT2D eigenvalue weighted by Crippen LogP contribution is 2.09. The molecule has 0 fully saturated rings. The Labute approximate surface area is 96.8 Å². The Hall–Kier alpha value is -1.84. The minimum Gasteiger partial charge on any atom is -0.245 e. The maximum absolute atomic E-state index is 4.05. The first-order valence-corrected chi connectivity index (χ1v) is 5.49. The van der Waals surface area contributed by atoms with Crippen LogP contribution < -0.4 is 0 Å². The fourth-order valence-electron chi connectivity index (χ4n) is 0.884. The SMILES string of the molecule is CC.CC.c1cc(-c2ccncn2)ncn1. The largest absolute Gasteiger partial charge is 0.245 e. The first-order chi connectivity index (χ1) is 7.97. The van der Waals surface area contributed by atoms with Crippen molar-refractivity contribution in [3.8, 4) is 11.4 Å². The van der Waals surface area contributed by atoms with E-state index in [0.29, 0.717) is 0 Å². The van der Waals surface area contributed by atoms with Crippen LogP contribution >= 0.6 is 0 Å². The van der Waals surface area contributed by atoms with Gasteiger partial charge in [-0.15, -0.1) is 0 Å². The normalized spacial score (nSPS) is 8.00. The first kappa shape index (κ1) is 14.2. The molecule has 0 aliphatic carbocycles. The van der Waals surface area contributed by atoms with Crippen molar-refractivity contribution in [1.82, 2.24) is 19.9 Å². The summed E-state index contributed by atoms with van der Waals surface area (Å²) in [5.74, 6) is 0. The van der Waals surface area contributed by atoms with Gasteiger partial charge in [-0.2, -0.15) is 0 Å². The maximum Gasteiger partial charge on any atom is 0.116 e. The number of hydrogen-bond donors (Lipinski definition) is 0. The highest BCUT2D eigenvalue weighted by Gasteiger charge is 1.96. The van der Waals surface area contributed by atoms with Crippen molar-refractivity contribution in [1.29, 1.82) is 0 Å². The van der Waals surface area contributed by atoms with Crippen molar-refractivity contribution in [2.24, 2.45) is 0 Å². The van der Waals surface area contributed by atoms with Crippen LogP contribution in [0, 0.1) is 0 Å². The van der Waals surface area contributed by atoms with Gasteiger partial charge in [-0.3, -0.25) is 0 Å². The number of nitrogens with zero attached hydrogens (tertiary/aromatic N) is 4. The number of hydrogen-bond acceptors (Lipinski definition) is 4. The Morgan fingerprint density at radius 3 is 1.31 bits per heavy atom. The molecule has 2 aromatic heterocycles. The van der Waals surface area contributed by atoms with Crippen molar-refractivity contribution in [2.45, 2.75) is 27.7 Å². The quantitative estimate of drug-likeness (QED) is 0.738. The lowest BCUT2D eigenvalue weighted by Crippen LogP contribution is -1.87. The van der Waals surface area contributed by atoms with E-state index < -0.39 is 0 Å². The van der Waals surface area contributed by atoms with Gasteiger partial charge in [0.1, 0.15) is 12.7 Å². The van der Waals surface area contributed by atoms with Gasteiger partial charge in [-0.1, -0.05) is 27.7 Å². The second kappa shape index (κ2) is 9.71. The molecule has 0 N–H and O–H groups in total. The zero-order chi connectivity index (χ0) is 12.2. The average molecular weight is 218 g/mol. The Balaban J connectivity index is 0.000000509. The molecule has 0 aliphatic heterocycles. The molecular formula is C12H18N4. The molecule has 0 aliphatic rings. The Kier molecular flexibility index (Phi) is 8.59. The lowest BCUT2D eigenvalue weighted by molar-refractivity contribution is 1.12. The van der Waals surface area contributed by atoms with Crippen LogP contribution in [0.1, 0.15) is 27.7 Å². The van der Waals surface area contributed by atoms with Gasteiger partial charge in [-0.05, 0) is 12.1 Å². The molecule has 16 heavy (non-hydrogen) atoms. The Morgan fingerprint density at radius 1 is 0.688 bits per heavy atom. The van der Waals surface area contributed by atoms with E-state index in [1.807, 2.05) is 39.8 Å². The van der Waals surface area contributed by atoms with Crippen LogP contribution in [0.3, 0.4) is 0 Å². The summed E-state index contributed by atoms with van der Waals surface area (Å²) in [5.41, 5.74) is 1.62. The third-order valence-electron chi connectivity index (χ3n) is 1.43. The molecule has 86 valence electrons. The van der Waals surface area contributed by atoms with E-state index in [2.05, 4.69) is 19.9 Å². The molecule has 0 radical (unpaired) electrons. The van der Waals surface area contributed by atoms with Crippen molar-refractivity contribution < 1.29 is 0 Å². The zero-order valence-electron chi connectivity index (χ0n) is 10.3. The van der Waals surface area contributed by atoms with Crippen molar-refractivity contribution in [3.05, 3.63) is 37.2 Å². The van der Waals surface area contributed by atoms with Gasteiger partial charge in [0.2, 0.25) is 0 Å². The van der Waals surface area contributed by atoms with Crippen molar-refractivity contribution >= 4 is 0 Å². The molecule has 0 saturated carbocycles. The second-order valence-corrected chi connectivity index (χ2v) is 2.19. The number of rotatable bonds is 1. The van der Waals surface area contributed by atoms with Crippen LogP contribution in [0.2, 0.25) is 0 Å². The summed E-state index contributed by atoms with van der Waals surface area (Å²) in [5, 5.41) is 0. The predicted octanol–water partition coefficient (Wildman–Crippen LogP) is 2.99. The highest BCUT2D eigenvalue weighted by atomic mass is 14.9. The summed E-state index contributed by atoms with van der Waals surface area (Å²) >= 11 is 0. The van der Waals surface area contributed by atoms with Crippen LogP contribution in [-0.4, -0.2) is 19.9 Å².